The van der Waals surface area contributed by atoms with E-state index in [4.69, 9.17) is 14.7 Å². The van der Waals surface area contributed by atoms with Gasteiger partial charge in [0, 0.05) is 6.92 Å². The Morgan fingerprint density at radius 1 is 1.29 bits per heavy atom. The van der Waals surface area contributed by atoms with E-state index in [9.17, 15) is 0 Å². The van der Waals surface area contributed by atoms with Crippen molar-refractivity contribution >= 4 is 5.95 Å². The molecule has 0 bridgehead atoms. The molecule has 3 aromatic heterocycles. The number of hydrogen-bond acceptors (Lipinski definition) is 8. The van der Waals surface area contributed by atoms with Gasteiger partial charge >= 0.3 is 0 Å². The van der Waals surface area contributed by atoms with Crippen LogP contribution < -0.4 is 5.73 Å². The average Bonchev–Trinajstić information content (AvgIpc) is 2.96. The van der Waals surface area contributed by atoms with E-state index in [1.165, 1.54) is 6.26 Å². The van der Waals surface area contributed by atoms with Crippen molar-refractivity contribution in [1.82, 2.24) is 30.3 Å². The van der Waals surface area contributed by atoms with Crippen LogP contribution in [0, 0.1) is 6.92 Å². The van der Waals surface area contributed by atoms with Crippen molar-refractivity contribution in [3.05, 3.63) is 12.2 Å². The van der Waals surface area contributed by atoms with E-state index < -0.39 is 0 Å². The van der Waals surface area contributed by atoms with Gasteiger partial charge in [-0.3, -0.25) is 5.10 Å². The van der Waals surface area contributed by atoms with Gasteiger partial charge in [-0.15, -0.1) is 5.10 Å². The predicted octanol–water partition coefficient (Wildman–Crippen LogP) is 0.400. The SMILES string of the molecule is Cc1nc(-c2noc(-c3nc(N)n[nH]3)n2)co1. The molecule has 0 aromatic carbocycles. The number of hydrogen-bond donors (Lipinski definition) is 2. The fourth-order valence-corrected chi connectivity index (χ4v) is 1.26. The number of nitrogens with zero attached hydrogens (tertiary/aromatic N) is 5. The molecule has 86 valence electrons. The summed E-state index contributed by atoms with van der Waals surface area (Å²) >= 11 is 0. The predicted molar refractivity (Wildman–Crippen MR) is 54.3 cm³/mol. The van der Waals surface area contributed by atoms with Gasteiger partial charge in [0.25, 0.3) is 5.89 Å². The van der Waals surface area contributed by atoms with E-state index in [0.717, 1.165) is 0 Å². The number of rotatable bonds is 2. The summed E-state index contributed by atoms with van der Waals surface area (Å²) in [7, 11) is 0. The van der Waals surface area contributed by atoms with Crippen LogP contribution in [0.5, 0.6) is 0 Å². The highest BCUT2D eigenvalue weighted by Gasteiger charge is 2.15. The number of aromatic nitrogens is 6. The maximum Gasteiger partial charge on any atom is 0.295 e. The fourth-order valence-electron chi connectivity index (χ4n) is 1.26. The van der Waals surface area contributed by atoms with E-state index in [-0.39, 0.29) is 11.8 Å². The van der Waals surface area contributed by atoms with Crippen LogP contribution in [0.3, 0.4) is 0 Å². The first-order valence-corrected chi connectivity index (χ1v) is 4.67. The molecule has 0 aliphatic heterocycles. The van der Waals surface area contributed by atoms with Crippen LogP contribution in [-0.4, -0.2) is 30.3 Å². The molecule has 3 N–H and O–H groups in total. The normalized spacial score (nSPS) is 10.9. The van der Waals surface area contributed by atoms with Gasteiger partial charge in [0.05, 0.1) is 0 Å². The molecule has 17 heavy (non-hydrogen) atoms. The lowest BCUT2D eigenvalue weighted by atomic mass is 10.4. The van der Waals surface area contributed by atoms with Crippen molar-refractivity contribution in [2.45, 2.75) is 6.92 Å². The zero-order chi connectivity index (χ0) is 11.8. The highest BCUT2D eigenvalue weighted by Crippen LogP contribution is 2.19. The Balaban J connectivity index is 1.98. The molecule has 3 rings (SSSR count). The molecule has 9 heteroatoms. The van der Waals surface area contributed by atoms with E-state index in [1.54, 1.807) is 6.92 Å². The Labute approximate surface area is 94.1 Å². The van der Waals surface area contributed by atoms with Gasteiger partial charge in [0.2, 0.25) is 17.6 Å². The fraction of sp³-hybridized carbons (Fsp3) is 0.125. The highest BCUT2D eigenvalue weighted by atomic mass is 16.5. The summed E-state index contributed by atoms with van der Waals surface area (Å²) in [5.74, 6) is 1.44. The van der Waals surface area contributed by atoms with Gasteiger partial charge in [0.15, 0.2) is 5.89 Å². The number of nitrogen functional groups attached to an aromatic ring is 1. The molecular formula is C8H7N7O2. The van der Waals surface area contributed by atoms with Crippen LogP contribution in [0.2, 0.25) is 0 Å². The number of aryl methyl sites for hydroxylation is 1. The summed E-state index contributed by atoms with van der Waals surface area (Å²) in [6.45, 7) is 1.72. The lowest BCUT2D eigenvalue weighted by Gasteiger charge is -1.81. The zero-order valence-corrected chi connectivity index (χ0v) is 8.71. The Morgan fingerprint density at radius 3 is 2.82 bits per heavy atom. The molecule has 9 nitrogen and oxygen atoms in total. The molecule has 0 unspecified atom stereocenters. The third-order valence-electron chi connectivity index (χ3n) is 1.98. The first kappa shape index (κ1) is 9.51. The molecule has 0 atom stereocenters. The number of nitrogens with one attached hydrogen (secondary N) is 1. The van der Waals surface area contributed by atoms with Gasteiger partial charge in [-0.05, 0) is 0 Å². The molecule has 0 fully saturated rings. The summed E-state index contributed by atoms with van der Waals surface area (Å²) < 4.78 is 10.0. The van der Waals surface area contributed by atoms with Crippen molar-refractivity contribution in [3.8, 4) is 23.2 Å². The Hall–Kier alpha value is -2.71. The average molecular weight is 233 g/mol. The highest BCUT2D eigenvalue weighted by molar-refractivity contribution is 5.51. The maximum atomic E-state index is 5.37. The number of aromatic amines is 1. The monoisotopic (exact) mass is 233 g/mol. The summed E-state index contributed by atoms with van der Waals surface area (Å²) in [4.78, 5) is 12.0. The smallest absolute Gasteiger partial charge is 0.295 e. The summed E-state index contributed by atoms with van der Waals surface area (Å²) in [5, 5.41) is 9.97. The lowest BCUT2D eigenvalue weighted by Crippen LogP contribution is -1.85. The first-order chi connectivity index (χ1) is 8.22. The molecule has 0 spiro atoms. The quantitative estimate of drug-likeness (QED) is 0.649. The Kier molecular flexibility index (Phi) is 1.90. The minimum absolute atomic E-state index is 0.108. The first-order valence-electron chi connectivity index (χ1n) is 4.67. The molecule has 0 amide bonds. The molecular weight excluding hydrogens is 226 g/mol. The molecule has 0 radical (unpaired) electrons. The maximum absolute atomic E-state index is 5.37. The van der Waals surface area contributed by atoms with Gasteiger partial charge in [0.1, 0.15) is 12.0 Å². The van der Waals surface area contributed by atoms with Gasteiger partial charge in [-0.2, -0.15) is 9.97 Å². The molecule has 0 aliphatic rings. The van der Waals surface area contributed by atoms with Crippen molar-refractivity contribution in [2.24, 2.45) is 0 Å². The molecule has 3 heterocycles. The van der Waals surface area contributed by atoms with Crippen LogP contribution >= 0.6 is 0 Å². The van der Waals surface area contributed by atoms with Crippen molar-refractivity contribution < 1.29 is 8.94 Å². The van der Waals surface area contributed by atoms with Crippen LogP contribution in [-0.2, 0) is 0 Å². The largest absolute Gasteiger partial charge is 0.449 e. The minimum Gasteiger partial charge on any atom is -0.449 e. The summed E-state index contributed by atoms with van der Waals surface area (Å²) in [6.07, 6.45) is 1.44. The van der Waals surface area contributed by atoms with E-state index in [2.05, 4.69) is 30.3 Å². The number of nitrogens with two attached hydrogens (primary N) is 1. The molecule has 0 aliphatic carbocycles. The molecule has 0 saturated carbocycles. The van der Waals surface area contributed by atoms with Crippen molar-refractivity contribution in [1.29, 1.82) is 0 Å². The second-order valence-corrected chi connectivity index (χ2v) is 3.22. The summed E-state index contributed by atoms with van der Waals surface area (Å²) in [5.41, 5.74) is 5.86. The van der Waals surface area contributed by atoms with E-state index in [0.29, 0.717) is 23.2 Å². The Morgan fingerprint density at radius 2 is 2.18 bits per heavy atom. The van der Waals surface area contributed by atoms with Crippen LogP contribution in [0.15, 0.2) is 15.2 Å². The Bertz CT molecular complexity index is 597. The number of H-pyrrole nitrogens is 1. The topological polar surface area (TPSA) is 133 Å². The third-order valence-corrected chi connectivity index (χ3v) is 1.98. The minimum atomic E-state index is 0.108. The van der Waals surface area contributed by atoms with Crippen molar-refractivity contribution in [3.63, 3.8) is 0 Å². The second kappa shape index (κ2) is 3.40. The molecule has 3 aromatic rings. The standard InChI is InChI=1S/C8H7N7O2/c1-3-10-4(2-16-3)5-11-7(17-15-5)6-12-8(9)14-13-6/h2H,1H3,(H3,9,12,13,14). The van der Waals surface area contributed by atoms with Crippen molar-refractivity contribution in [2.75, 3.05) is 5.73 Å². The van der Waals surface area contributed by atoms with Crippen LogP contribution in [0.4, 0.5) is 5.95 Å². The zero-order valence-electron chi connectivity index (χ0n) is 8.71. The van der Waals surface area contributed by atoms with Crippen LogP contribution in [0.25, 0.3) is 23.2 Å². The summed E-state index contributed by atoms with van der Waals surface area (Å²) in [6, 6.07) is 0. The number of oxazole rings is 1. The lowest BCUT2D eigenvalue weighted by molar-refractivity contribution is 0.429. The van der Waals surface area contributed by atoms with Gasteiger partial charge < -0.3 is 14.7 Å². The van der Waals surface area contributed by atoms with Gasteiger partial charge in [-0.1, -0.05) is 5.16 Å². The molecule has 0 saturated heterocycles. The van der Waals surface area contributed by atoms with Crippen LogP contribution in [0.1, 0.15) is 5.89 Å². The number of anilines is 1. The van der Waals surface area contributed by atoms with Gasteiger partial charge in [-0.25, -0.2) is 4.98 Å². The third kappa shape index (κ3) is 1.62. The van der Waals surface area contributed by atoms with E-state index in [1.807, 2.05) is 0 Å². The van der Waals surface area contributed by atoms with E-state index >= 15 is 0 Å². The second-order valence-electron chi connectivity index (χ2n) is 3.22.